The molecule has 0 fully saturated rings. The van der Waals surface area contributed by atoms with Gasteiger partial charge in [0.2, 0.25) is 0 Å². The van der Waals surface area contributed by atoms with Crippen molar-refractivity contribution in [3.8, 4) is 0 Å². The average Bonchev–Trinajstić information content (AvgIpc) is 2.27. The number of benzene rings is 1. The Hall–Kier alpha value is -0.800. The van der Waals surface area contributed by atoms with Crippen molar-refractivity contribution in [3.63, 3.8) is 0 Å². The molecular weight excluding hydrogens is 252 g/mol. The van der Waals surface area contributed by atoms with Crippen molar-refractivity contribution in [2.24, 2.45) is 5.73 Å². The third-order valence-corrected chi connectivity index (χ3v) is 3.89. The number of anilines is 1. The van der Waals surface area contributed by atoms with Crippen LogP contribution in [-0.4, -0.2) is 17.6 Å². The van der Waals surface area contributed by atoms with E-state index >= 15 is 0 Å². The first-order chi connectivity index (χ1) is 7.81. The second-order valence-corrected chi connectivity index (χ2v) is 5.57. The average molecular weight is 271 g/mol. The lowest BCUT2D eigenvalue weighted by molar-refractivity contribution is 0.470. The predicted molar refractivity (Wildman–Crippen MR) is 80.1 cm³/mol. The molecule has 17 heavy (non-hydrogen) atoms. The maximum Gasteiger partial charge on any atom is 0.107 e. The summed E-state index contributed by atoms with van der Waals surface area (Å²) in [6, 6.07) is 5.73. The molecule has 0 saturated heterocycles. The monoisotopic (exact) mass is 270 g/mol. The largest absolute Gasteiger partial charge is 0.389 e. The Balaban J connectivity index is 3.32. The van der Waals surface area contributed by atoms with E-state index in [0.717, 1.165) is 17.7 Å². The Bertz CT molecular complexity index is 429. The van der Waals surface area contributed by atoms with Crippen molar-refractivity contribution in [3.05, 3.63) is 28.8 Å². The molecule has 94 valence electrons. The standard InChI is InChI=1S/C13H19ClN2S/c1-5-13(2,3)16(4)10-8-6-7-9(14)11(10)12(15)17/h6-8H,5H2,1-4H3,(H2,15,17). The van der Waals surface area contributed by atoms with Crippen molar-refractivity contribution in [2.75, 3.05) is 11.9 Å². The van der Waals surface area contributed by atoms with Gasteiger partial charge in [0, 0.05) is 18.3 Å². The molecule has 1 aromatic rings. The maximum atomic E-state index is 6.17. The molecule has 0 atom stereocenters. The minimum Gasteiger partial charge on any atom is -0.389 e. The fraction of sp³-hybridized carbons (Fsp3) is 0.462. The molecule has 2 nitrogen and oxygen atoms in total. The maximum absolute atomic E-state index is 6.17. The summed E-state index contributed by atoms with van der Waals surface area (Å²) in [7, 11) is 2.04. The Morgan fingerprint density at radius 2 is 2.06 bits per heavy atom. The van der Waals surface area contributed by atoms with Crippen LogP contribution in [0, 0.1) is 0 Å². The number of hydrogen-bond donors (Lipinski definition) is 1. The zero-order valence-corrected chi connectivity index (χ0v) is 12.3. The molecule has 0 aliphatic rings. The van der Waals surface area contributed by atoms with E-state index < -0.39 is 0 Å². The van der Waals surface area contributed by atoms with Gasteiger partial charge in [0.05, 0.1) is 10.6 Å². The highest BCUT2D eigenvalue weighted by molar-refractivity contribution is 7.80. The number of hydrogen-bond acceptors (Lipinski definition) is 2. The predicted octanol–water partition coefficient (Wildman–Crippen LogP) is 3.60. The summed E-state index contributed by atoms with van der Waals surface area (Å²) >= 11 is 11.2. The Kier molecular flexibility index (Phi) is 4.39. The molecule has 4 heteroatoms. The molecule has 0 aromatic heterocycles. The van der Waals surface area contributed by atoms with E-state index in [1.165, 1.54) is 0 Å². The normalized spacial score (nSPS) is 11.4. The molecule has 0 aliphatic carbocycles. The number of nitrogens with zero attached hydrogens (tertiary/aromatic N) is 1. The van der Waals surface area contributed by atoms with Crippen LogP contribution in [0.1, 0.15) is 32.8 Å². The quantitative estimate of drug-likeness (QED) is 0.848. The van der Waals surface area contributed by atoms with E-state index in [-0.39, 0.29) is 5.54 Å². The first-order valence-electron chi connectivity index (χ1n) is 5.63. The zero-order valence-electron chi connectivity index (χ0n) is 10.7. The van der Waals surface area contributed by atoms with Gasteiger partial charge in [-0.1, -0.05) is 36.8 Å². The molecule has 2 N–H and O–H groups in total. The van der Waals surface area contributed by atoms with Gasteiger partial charge in [0.1, 0.15) is 4.99 Å². The molecule has 0 bridgehead atoms. The lowest BCUT2D eigenvalue weighted by Gasteiger charge is -2.38. The van der Waals surface area contributed by atoms with Crippen molar-refractivity contribution in [1.29, 1.82) is 0 Å². The SMILES string of the molecule is CCC(C)(C)N(C)c1cccc(Cl)c1C(N)=S. The molecule has 0 amide bonds. The highest BCUT2D eigenvalue weighted by Gasteiger charge is 2.24. The fourth-order valence-corrected chi connectivity index (χ4v) is 2.14. The summed E-state index contributed by atoms with van der Waals surface area (Å²) < 4.78 is 0. The van der Waals surface area contributed by atoms with Gasteiger partial charge in [-0.05, 0) is 32.4 Å². The van der Waals surface area contributed by atoms with Crippen molar-refractivity contribution < 1.29 is 0 Å². The van der Waals surface area contributed by atoms with Crippen LogP contribution in [0.4, 0.5) is 5.69 Å². The number of thiocarbonyl (C=S) groups is 1. The lowest BCUT2D eigenvalue weighted by Crippen LogP contribution is -2.41. The zero-order chi connectivity index (χ0) is 13.2. The van der Waals surface area contributed by atoms with Crippen LogP contribution in [0.5, 0.6) is 0 Å². The summed E-state index contributed by atoms with van der Waals surface area (Å²) in [5.41, 5.74) is 7.53. The van der Waals surface area contributed by atoms with Crippen LogP contribution in [-0.2, 0) is 0 Å². The van der Waals surface area contributed by atoms with Gasteiger partial charge in [-0.15, -0.1) is 0 Å². The van der Waals surface area contributed by atoms with E-state index in [4.69, 9.17) is 29.6 Å². The number of nitrogens with two attached hydrogens (primary N) is 1. The van der Waals surface area contributed by atoms with Crippen LogP contribution in [0.25, 0.3) is 0 Å². The molecule has 1 aromatic carbocycles. The Morgan fingerprint density at radius 1 is 1.47 bits per heavy atom. The van der Waals surface area contributed by atoms with E-state index in [2.05, 4.69) is 25.7 Å². The van der Waals surface area contributed by atoms with E-state index in [1.807, 2.05) is 25.2 Å². The van der Waals surface area contributed by atoms with Crippen molar-refractivity contribution >= 4 is 34.5 Å². The van der Waals surface area contributed by atoms with Crippen LogP contribution >= 0.6 is 23.8 Å². The highest BCUT2D eigenvalue weighted by Crippen LogP contribution is 2.31. The van der Waals surface area contributed by atoms with Gasteiger partial charge in [0.15, 0.2) is 0 Å². The van der Waals surface area contributed by atoms with Gasteiger partial charge >= 0.3 is 0 Å². The summed E-state index contributed by atoms with van der Waals surface area (Å²) in [6.07, 6.45) is 1.02. The number of rotatable bonds is 4. The molecule has 0 unspecified atom stereocenters. The summed E-state index contributed by atoms with van der Waals surface area (Å²) in [4.78, 5) is 2.51. The number of halogens is 1. The molecular formula is C13H19ClN2S. The molecule has 0 heterocycles. The molecule has 0 spiro atoms. The topological polar surface area (TPSA) is 29.3 Å². The molecule has 0 radical (unpaired) electrons. The second-order valence-electron chi connectivity index (χ2n) is 4.72. The second kappa shape index (κ2) is 5.23. The minimum absolute atomic E-state index is 0.0320. The lowest BCUT2D eigenvalue weighted by atomic mass is 9.98. The first-order valence-corrected chi connectivity index (χ1v) is 6.42. The Morgan fingerprint density at radius 3 is 2.53 bits per heavy atom. The van der Waals surface area contributed by atoms with Gasteiger partial charge in [-0.25, -0.2) is 0 Å². The minimum atomic E-state index is 0.0320. The highest BCUT2D eigenvalue weighted by atomic mass is 35.5. The third kappa shape index (κ3) is 2.90. The van der Waals surface area contributed by atoms with Crippen molar-refractivity contribution in [1.82, 2.24) is 0 Å². The summed E-state index contributed by atoms with van der Waals surface area (Å²) in [5, 5.41) is 0.605. The smallest absolute Gasteiger partial charge is 0.107 e. The van der Waals surface area contributed by atoms with Gasteiger partial charge in [0.25, 0.3) is 0 Å². The van der Waals surface area contributed by atoms with E-state index in [1.54, 1.807) is 0 Å². The molecule has 1 rings (SSSR count). The van der Waals surface area contributed by atoms with Crippen LogP contribution in [0.2, 0.25) is 5.02 Å². The molecule has 0 saturated carbocycles. The summed E-state index contributed by atoms with van der Waals surface area (Å²) in [6.45, 7) is 6.51. The third-order valence-electron chi connectivity index (χ3n) is 3.37. The van der Waals surface area contributed by atoms with Gasteiger partial charge in [-0.3, -0.25) is 0 Å². The van der Waals surface area contributed by atoms with Crippen LogP contribution < -0.4 is 10.6 Å². The van der Waals surface area contributed by atoms with Crippen LogP contribution in [0.3, 0.4) is 0 Å². The Labute approximate surface area is 114 Å². The van der Waals surface area contributed by atoms with Gasteiger partial charge in [-0.2, -0.15) is 0 Å². The fourth-order valence-electron chi connectivity index (χ4n) is 1.60. The van der Waals surface area contributed by atoms with E-state index in [0.29, 0.717) is 10.0 Å². The van der Waals surface area contributed by atoms with Crippen molar-refractivity contribution in [2.45, 2.75) is 32.7 Å². The molecule has 0 aliphatic heterocycles. The summed E-state index contributed by atoms with van der Waals surface area (Å²) in [5.74, 6) is 0. The van der Waals surface area contributed by atoms with Crippen LogP contribution in [0.15, 0.2) is 18.2 Å². The van der Waals surface area contributed by atoms with E-state index in [9.17, 15) is 0 Å². The first kappa shape index (κ1) is 14.3. The van der Waals surface area contributed by atoms with Gasteiger partial charge < -0.3 is 10.6 Å².